The van der Waals surface area contributed by atoms with Crippen LogP contribution in [0.4, 0.5) is 4.39 Å². The number of ether oxygens (including phenoxy) is 1. The quantitative estimate of drug-likeness (QED) is 0.224. The summed E-state index contributed by atoms with van der Waals surface area (Å²) in [4.78, 5) is 12.3. The van der Waals surface area contributed by atoms with Gasteiger partial charge in [0, 0.05) is 9.86 Å². The molecule has 5 nitrogen and oxygen atoms in total. The lowest BCUT2D eigenvalue weighted by molar-refractivity contribution is 0.0929. The van der Waals surface area contributed by atoms with Crippen LogP contribution in [-0.2, 0) is 6.61 Å². The van der Waals surface area contributed by atoms with Crippen LogP contribution in [0.1, 0.15) is 21.7 Å². The standard InChI is InChI=1S/C23H15Br2FN2O3/c24-17-9-16-10-21(31-22(16)20(25)11-17)23(29)28-27-12-14-3-7-19(8-4-14)30-13-15-1-5-18(26)6-2-15/h1-12H,13H2,(H,28,29)/b27-12-. The van der Waals surface area contributed by atoms with Crippen LogP contribution in [0.25, 0.3) is 11.0 Å². The molecule has 0 saturated heterocycles. The molecule has 0 saturated carbocycles. The molecule has 1 amide bonds. The zero-order chi connectivity index (χ0) is 21.8. The zero-order valence-electron chi connectivity index (χ0n) is 15.9. The number of nitrogens with one attached hydrogen (secondary N) is 1. The fourth-order valence-corrected chi connectivity index (χ4v) is 4.14. The van der Waals surface area contributed by atoms with Gasteiger partial charge < -0.3 is 9.15 Å². The number of hydrazone groups is 1. The van der Waals surface area contributed by atoms with E-state index in [4.69, 9.17) is 9.15 Å². The maximum Gasteiger partial charge on any atom is 0.307 e. The van der Waals surface area contributed by atoms with Crippen LogP contribution in [-0.4, -0.2) is 12.1 Å². The van der Waals surface area contributed by atoms with Crippen molar-refractivity contribution in [2.75, 3.05) is 0 Å². The Kier molecular flexibility index (Phi) is 6.48. The number of hydrogen-bond donors (Lipinski definition) is 1. The van der Waals surface area contributed by atoms with Crippen molar-refractivity contribution in [1.82, 2.24) is 5.43 Å². The second-order valence-electron chi connectivity index (χ2n) is 6.60. The lowest BCUT2D eigenvalue weighted by atomic mass is 10.2. The second-order valence-corrected chi connectivity index (χ2v) is 8.37. The Labute approximate surface area is 194 Å². The molecule has 0 atom stereocenters. The molecule has 0 radical (unpaired) electrons. The maximum absolute atomic E-state index is 12.9. The molecular weight excluding hydrogens is 531 g/mol. The summed E-state index contributed by atoms with van der Waals surface area (Å²) in [7, 11) is 0. The highest BCUT2D eigenvalue weighted by Crippen LogP contribution is 2.30. The molecule has 8 heteroatoms. The van der Waals surface area contributed by atoms with E-state index in [1.54, 1.807) is 30.3 Å². The molecular formula is C23H15Br2FN2O3. The smallest absolute Gasteiger partial charge is 0.307 e. The van der Waals surface area contributed by atoms with Gasteiger partial charge >= 0.3 is 5.91 Å². The summed E-state index contributed by atoms with van der Waals surface area (Å²) in [6.07, 6.45) is 1.52. The van der Waals surface area contributed by atoms with Crippen LogP contribution in [0.5, 0.6) is 5.75 Å². The number of carbonyl (C=O) groups excluding carboxylic acids is 1. The van der Waals surface area contributed by atoms with Gasteiger partial charge in [-0.2, -0.15) is 5.10 Å². The third kappa shape index (κ3) is 5.39. The molecule has 4 rings (SSSR count). The van der Waals surface area contributed by atoms with Crippen molar-refractivity contribution in [2.45, 2.75) is 6.61 Å². The van der Waals surface area contributed by atoms with Crippen molar-refractivity contribution in [1.29, 1.82) is 0 Å². The highest BCUT2D eigenvalue weighted by Gasteiger charge is 2.14. The summed E-state index contributed by atoms with van der Waals surface area (Å²) in [6, 6.07) is 18.7. The highest BCUT2D eigenvalue weighted by molar-refractivity contribution is 9.11. The number of nitrogens with zero attached hydrogens (tertiary/aromatic N) is 1. The van der Waals surface area contributed by atoms with Gasteiger partial charge in [-0.3, -0.25) is 4.79 Å². The Bertz CT molecular complexity index is 1250. The van der Waals surface area contributed by atoms with Crippen LogP contribution in [0.3, 0.4) is 0 Å². The number of benzene rings is 3. The second kappa shape index (κ2) is 9.45. The van der Waals surface area contributed by atoms with Crippen molar-refractivity contribution in [3.8, 4) is 5.75 Å². The van der Waals surface area contributed by atoms with E-state index in [1.165, 1.54) is 18.3 Å². The van der Waals surface area contributed by atoms with Crippen molar-refractivity contribution in [3.05, 3.63) is 98.4 Å². The Morgan fingerprint density at radius 2 is 1.81 bits per heavy atom. The third-order valence-corrected chi connectivity index (χ3v) is 5.38. The lowest BCUT2D eigenvalue weighted by Gasteiger charge is -2.06. The van der Waals surface area contributed by atoms with Crippen molar-refractivity contribution < 1.29 is 18.3 Å². The number of carbonyl (C=O) groups is 1. The van der Waals surface area contributed by atoms with Gasteiger partial charge in [0.05, 0.1) is 10.7 Å². The van der Waals surface area contributed by atoms with E-state index in [0.29, 0.717) is 17.9 Å². The Balaban J connectivity index is 1.34. The van der Waals surface area contributed by atoms with E-state index in [-0.39, 0.29) is 11.6 Å². The molecule has 3 aromatic carbocycles. The van der Waals surface area contributed by atoms with Gasteiger partial charge in [0.2, 0.25) is 0 Å². The molecule has 0 unspecified atom stereocenters. The van der Waals surface area contributed by atoms with Crippen molar-refractivity contribution in [2.24, 2.45) is 5.10 Å². The van der Waals surface area contributed by atoms with E-state index < -0.39 is 5.91 Å². The number of amides is 1. The molecule has 0 fully saturated rings. The maximum atomic E-state index is 12.9. The summed E-state index contributed by atoms with van der Waals surface area (Å²) in [5.41, 5.74) is 4.71. The first-order valence-electron chi connectivity index (χ1n) is 9.17. The average molecular weight is 546 g/mol. The minimum absolute atomic E-state index is 0.162. The van der Waals surface area contributed by atoms with Gasteiger partial charge in [0.15, 0.2) is 5.76 Å². The topological polar surface area (TPSA) is 63.8 Å². The minimum atomic E-state index is -0.449. The molecule has 156 valence electrons. The molecule has 0 bridgehead atoms. The molecule has 0 aliphatic carbocycles. The summed E-state index contributed by atoms with van der Waals surface area (Å²) < 4.78 is 25.9. The first-order valence-corrected chi connectivity index (χ1v) is 10.8. The van der Waals surface area contributed by atoms with E-state index >= 15 is 0 Å². The van der Waals surface area contributed by atoms with E-state index in [2.05, 4.69) is 42.4 Å². The fourth-order valence-electron chi connectivity index (χ4n) is 2.81. The van der Waals surface area contributed by atoms with Crippen LogP contribution < -0.4 is 10.2 Å². The normalized spacial score (nSPS) is 11.2. The molecule has 4 aromatic rings. The van der Waals surface area contributed by atoms with Gasteiger partial charge in [-0.1, -0.05) is 28.1 Å². The van der Waals surface area contributed by atoms with Crippen molar-refractivity contribution in [3.63, 3.8) is 0 Å². The third-order valence-electron chi connectivity index (χ3n) is 4.34. The minimum Gasteiger partial charge on any atom is -0.489 e. The predicted molar refractivity (Wildman–Crippen MR) is 124 cm³/mol. The Hall–Kier alpha value is -2.97. The molecule has 1 aromatic heterocycles. The largest absolute Gasteiger partial charge is 0.489 e. The molecule has 0 aliphatic rings. The summed E-state index contributed by atoms with van der Waals surface area (Å²) >= 11 is 6.82. The van der Waals surface area contributed by atoms with Gasteiger partial charge in [-0.15, -0.1) is 0 Å². The summed E-state index contributed by atoms with van der Waals surface area (Å²) in [5, 5.41) is 4.78. The van der Waals surface area contributed by atoms with Gasteiger partial charge in [0.25, 0.3) is 0 Å². The van der Waals surface area contributed by atoms with Crippen molar-refractivity contribution >= 4 is 55.0 Å². The van der Waals surface area contributed by atoms with Crippen LogP contribution >= 0.6 is 31.9 Å². The number of rotatable bonds is 6. The van der Waals surface area contributed by atoms with Crippen LogP contribution in [0.15, 0.2) is 85.2 Å². The monoisotopic (exact) mass is 544 g/mol. The van der Waals surface area contributed by atoms with Gasteiger partial charge in [0.1, 0.15) is 23.8 Å². The van der Waals surface area contributed by atoms with E-state index in [9.17, 15) is 9.18 Å². The number of fused-ring (bicyclic) bond motifs is 1. The lowest BCUT2D eigenvalue weighted by Crippen LogP contribution is -2.16. The number of halogens is 3. The van der Waals surface area contributed by atoms with Crippen LogP contribution in [0.2, 0.25) is 0 Å². The summed E-state index contributed by atoms with van der Waals surface area (Å²) in [6.45, 7) is 0.341. The van der Waals surface area contributed by atoms with Gasteiger partial charge in [-0.25, -0.2) is 9.82 Å². The van der Waals surface area contributed by atoms with Crippen LogP contribution in [0, 0.1) is 5.82 Å². The summed E-state index contributed by atoms with van der Waals surface area (Å²) in [5.74, 6) is 0.107. The predicted octanol–water partition coefficient (Wildman–Crippen LogP) is 6.44. The van der Waals surface area contributed by atoms with Gasteiger partial charge in [-0.05, 0) is 81.7 Å². The highest BCUT2D eigenvalue weighted by atomic mass is 79.9. The molecule has 31 heavy (non-hydrogen) atoms. The molecule has 0 aliphatic heterocycles. The molecule has 1 heterocycles. The average Bonchev–Trinajstić information content (AvgIpc) is 3.19. The van der Waals surface area contributed by atoms with E-state index in [1.807, 2.05) is 24.3 Å². The first-order chi connectivity index (χ1) is 15.0. The molecule has 1 N–H and O–H groups in total. The first kappa shape index (κ1) is 21.3. The molecule has 0 spiro atoms. The zero-order valence-corrected chi connectivity index (χ0v) is 19.1. The fraction of sp³-hybridized carbons (Fsp3) is 0.0435. The SMILES string of the molecule is O=C(N/N=C\c1ccc(OCc2ccc(F)cc2)cc1)c1cc2cc(Br)cc(Br)c2o1. The Morgan fingerprint density at radius 3 is 2.55 bits per heavy atom. The van der Waals surface area contributed by atoms with E-state index in [0.717, 1.165) is 25.5 Å². The Morgan fingerprint density at radius 1 is 1.06 bits per heavy atom. The number of hydrogen-bond acceptors (Lipinski definition) is 4. The number of furan rings is 1.